The van der Waals surface area contributed by atoms with Crippen molar-refractivity contribution in [1.29, 1.82) is 0 Å². The van der Waals surface area contributed by atoms with Gasteiger partial charge in [0.15, 0.2) is 0 Å². The predicted octanol–water partition coefficient (Wildman–Crippen LogP) is -0.584. The van der Waals surface area contributed by atoms with Gasteiger partial charge in [-0.2, -0.15) is 9.40 Å². The Labute approximate surface area is 119 Å². The number of aryl methyl sites for hydroxylation is 2. The number of hydrogen-bond donors (Lipinski definition) is 1. The molecule has 2 heterocycles. The van der Waals surface area contributed by atoms with E-state index >= 15 is 0 Å². The summed E-state index contributed by atoms with van der Waals surface area (Å²) in [6, 6.07) is 0. The van der Waals surface area contributed by atoms with E-state index in [1.54, 1.807) is 14.0 Å². The maximum atomic E-state index is 12.6. The minimum Gasteiger partial charge on any atom is -0.387 e. The van der Waals surface area contributed by atoms with Crippen molar-refractivity contribution >= 4 is 10.0 Å². The highest BCUT2D eigenvalue weighted by Crippen LogP contribution is 2.28. The van der Waals surface area contributed by atoms with Crippen LogP contribution in [-0.4, -0.2) is 71.8 Å². The second-order valence-corrected chi connectivity index (χ2v) is 7.71. The minimum absolute atomic E-state index is 0.127. The van der Waals surface area contributed by atoms with Crippen molar-refractivity contribution in [1.82, 2.24) is 19.0 Å². The van der Waals surface area contributed by atoms with Gasteiger partial charge in [0.25, 0.3) is 0 Å². The highest BCUT2D eigenvalue weighted by atomic mass is 32.2. The van der Waals surface area contributed by atoms with Crippen LogP contribution >= 0.6 is 0 Å². The van der Waals surface area contributed by atoms with E-state index in [-0.39, 0.29) is 11.4 Å². The molecular weight excluding hydrogens is 280 g/mol. The first-order valence-electron chi connectivity index (χ1n) is 6.52. The lowest BCUT2D eigenvalue weighted by Crippen LogP contribution is -2.43. The average Bonchev–Trinajstić information content (AvgIpc) is 2.81. The second-order valence-electron chi connectivity index (χ2n) is 5.80. The number of aromatic nitrogens is 2. The Kier molecular flexibility index (Phi) is 3.94. The van der Waals surface area contributed by atoms with Crippen LogP contribution in [0, 0.1) is 6.92 Å². The summed E-state index contributed by atoms with van der Waals surface area (Å²) in [5.41, 5.74) is -0.497. The summed E-state index contributed by atoms with van der Waals surface area (Å²) in [6.45, 7) is 2.59. The zero-order valence-corrected chi connectivity index (χ0v) is 13.2. The van der Waals surface area contributed by atoms with Gasteiger partial charge in [0.2, 0.25) is 10.0 Å². The zero-order valence-electron chi connectivity index (χ0n) is 12.4. The van der Waals surface area contributed by atoms with Crippen LogP contribution in [0.15, 0.2) is 11.1 Å². The molecule has 1 N–H and O–H groups in total. The van der Waals surface area contributed by atoms with Gasteiger partial charge in [-0.15, -0.1) is 0 Å². The summed E-state index contributed by atoms with van der Waals surface area (Å²) in [5.74, 6) is 0. The van der Waals surface area contributed by atoms with Crippen molar-refractivity contribution in [3.05, 3.63) is 11.9 Å². The molecule has 1 unspecified atom stereocenters. The number of β-amino-alcohol motifs (C(OH)–C–C–N with tert-alkyl or cyclic N) is 1. The number of nitrogens with zero attached hydrogens (tertiary/aromatic N) is 4. The van der Waals surface area contributed by atoms with Gasteiger partial charge >= 0.3 is 0 Å². The predicted molar refractivity (Wildman–Crippen MR) is 74.8 cm³/mol. The van der Waals surface area contributed by atoms with Gasteiger partial charge in [-0.1, -0.05) is 0 Å². The van der Waals surface area contributed by atoms with Gasteiger partial charge < -0.3 is 10.0 Å². The van der Waals surface area contributed by atoms with Gasteiger partial charge in [-0.3, -0.25) is 4.68 Å². The molecule has 2 rings (SSSR count). The van der Waals surface area contributed by atoms with Crippen molar-refractivity contribution in [3.8, 4) is 0 Å². The first kappa shape index (κ1) is 15.4. The first-order chi connectivity index (χ1) is 9.14. The van der Waals surface area contributed by atoms with Crippen LogP contribution in [0.5, 0.6) is 0 Å². The molecule has 0 aliphatic carbocycles. The second kappa shape index (κ2) is 5.10. The quantitative estimate of drug-likeness (QED) is 0.805. The number of likely N-dealkylation sites (N-methyl/N-ethyl adjacent to an activating group) is 1. The highest BCUT2D eigenvalue weighted by Gasteiger charge is 2.42. The Morgan fingerprint density at radius 2 is 2.15 bits per heavy atom. The van der Waals surface area contributed by atoms with Crippen LogP contribution in [-0.2, 0) is 17.1 Å². The Morgan fingerprint density at radius 1 is 1.50 bits per heavy atom. The van der Waals surface area contributed by atoms with Crippen molar-refractivity contribution in [3.63, 3.8) is 0 Å². The Bertz CT molecular complexity index is 596. The smallest absolute Gasteiger partial charge is 0.246 e. The van der Waals surface area contributed by atoms with Crippen LogP contribution in [0.25, 0.3) is 0 Å². The maximum absolute atomic E-state index is 12.6. The lowest BCUT2D eigenvalue weighted by atomic mass is 10.0. The summed E-state index contributed by atoms with van der Waals surface area (Å²) in [4.78, 5) is 2.08. The monoisotopic (exact) mass is 302 g/mol. The molecule has 0 aromatic carbocycles. The molecule has 20 heavy (non-hydrogen) atoms. The number of hydrogen-bond acceptors (Lipinski definition) is 5. The first-order valence-corrected chi connectivity index (χ1v) is 7.96. The third-order valence-corrected chi connectivity index (χ3v) is 5.44. The Hall–Kier alpha value is -0.960. The number of aliphatic hydroxyl groups is 1. The lowest BCUT2D eigenvalue weighted by Gasteiger charge is -2.26. The molecule has 1 saturated heterocycles. The van der Waals surface area contributed by atoms with Crippen molar-refractivity contribution in [2.45, 2.75) is 23.8 Å². The number of rotatable bonds is 4. The lowest BCUT2D eigenvalue weighted by molar-refractivity contribution is 0.0302. The van der Waals surface area contributed by atoms with E-state index in [9.17, 15) is 13.5 Å². The van der Waals surface area contributed by atoms with E-state index in [2.05, 4.69) is 5.10 Å². The number of sulfonamides is 1. The van der Waals surface area contributed by atoms with Crippen molar-refractivity contribution in [2.24, 2.45) is 7.05 Å². The van der Waals surface area contributed by atoms with Crippen molar-refractivity contribution in [2.75, 3.05) is 33.7 Å². The molecule has 1 aliphatic heterocycles. The van der Waals surface area contributed by atoms with Gasteiger partial charge in [0, 0.05) is 32.9 Å². The van der Waals surface area contributed by atoms with Crippen LogP contribution < -0.4 is 0 Å². The van der Waals surface area contributed by atoms with Gasteiger partial charge in [-0.25, -0.2) is 8.42 Å². The molecule has 8 heteroatoms. The summed E-state index contributed by atoms with van der Waals surface area (Å²) >= 11 is 0. The summed E-state index contributed by atoms with van der Waals surface area (Å²) in [6.07, 6.45) is 1.96. The molecule has 0 spiro atoms. The third-order valence-electron chi connectivity index (χ3n) is 3.49. The summed E-state index contributed by atoms with van der Waals surface area (Å²) in [7, 11) is 1.83. The van der Waals surface area contributed by atoms with E-state index in [0.717, 1.165) is 0 Å². The Morgan fingerprint density at radius 3 is 2.65 bits per heavy atom. The molecular formula is C12H22N4O3S. The van der Waals surface area contributed by atoms with E-state index in [0.29, 0.717) is 25.2 Å². The van der Waals surface area contributed by atoms with Crippen LogP contribution in [0.2, 0.25) is 0 Å². The van der Waals surface area contributed by atoms with E-state index in [1.165, 1.54) is 15.2 Å². The highest BCUT2D eigenvalue weighted by molar-refractivity contribution is 7.89. The largest absolute Gasteiger partial charge is 0.387 e. The molecule has 1 fully saturated rings. The molecule has 1 aromatic rings. The normalized spacial score (nSPS) is 24.7. The third kappa shape index (κ3) is 2.88. The summed E-state index contributed by atoms with van der Waals surface area (Å²) < 4.78 is 28.0. The van der Waals surface area contributed by atoms with Crippen LogP contribution in [0.3, 0.4) is 0 Å². The average molecular weight is 302 g/mol. The van der Waals surface area contributed by atoms with Crippen LogP contribution in [0.4, 0.5) is 0 Å². The standard InChI is InChI=1S/C12H22N4O3S/c1-10-11(7-15(4)13-10)20(18,19)16-6-5-12(17,9-16)8-14(2)3/h7,17H,5-6,8-9H2,1-4H3. The zero-order chi connectivity index (χ0) is 15.1. The van der Waals surface area contributed by atoms with E-state index in [1.807, 2.05) is 19.0 Å². The molecule has 0 radical (unpaired) electrons. The summed E-state index contributed by atoms with van der Waals surface area (Å²) in [5, 5.41) is 14.5. The molecule has 1 aromatic heterocycles. The minimum atomic E-state index is -3.58. The molecule has 1 atom stereocenters. The SMILES string of the molecule is Cc1nn(C)cc1S(=O)(=O)N1CCC(O)(CN(C)C)C1. The van der Waals surface area contributed by atoms with Gasteiger partial charge in [-0.05, 0) is 27.4 Å². The maximum Gasteiger partial charge on any atom is 0.246 e. The fourth-order valence-corrected chi connectivity index (χ4v) is 4.43. The van der Waals surface area contributed by atoms with Gasteiger partial charge in [0.1, 0.15) is 4.90 Å². The topological polar surface area (TPSA) is 78.7 Å². The molecule has 0 bridgehead atoms. The Balaban J connectivity index is 2.23. The molecule has 1 aliphatic rings. The molecule has 114 valence electrons. The van der Waals surface area contributed by atoms with Gasteiger partial charge in [0.05, 0.1) is 11.3 Å². The molecule has 7 nitrogen and oxygen atoms in total. The molecule has 0 amide bonds. The van der Waals surface area contributed by atoms with E-state index in [4.69, 9.17) is 0 Å². The van der Waals surface area contributed by atoms with E-state index < -0.39 is 15.6 Å². The fraction of sp³-hybridized carbons (Fsp3) is 0.750. The van der Waals surface area contributed by atoms with Crippen LogP contribution in [0.1, 0.15) is 12.1 Å². The molecule has 0 saturated carbocycles. The fourth-order valence-electron chi connectivity index (χ4n) is 2.71. The van der Waals surface area contributed by atoms with Crippen molar-refractivity contribution < 1.29 is 13.5 Å².